The number of carboxylic acid groups (broad SMARTS) is 1. The van der Waals surface area contributed by atoms with Crippen LogP contribution in [0.5, 0.6) is 0 Å². The van der Waals surface area contributed by atoms with Gasteiger partial charge in [0.2, 0.25) is 0 Å². The second-order valence-corrected chi connectivity index (χ2v) is 6.50. The van der Waals surface area contributed by atoms with E-state index in [2.05, 4.69) is 19.1 Å². The molecule has 0 radical (unpaired) electrons. The van der Waals surface area contributed by atoms with Gasteiger partial charge in [-0.2, -0.15) is 0 Å². The summed E-state index contributed by atoms with van der Waals surface area (Å²) < 4.78 is 0. The monoisotopic (exact) mass is 252 g/mol. The van der Waals surface area contributed by atoms with Gasteiger partial charge in [0.05, 0.1) is 5.41 Å². The molecule has 1 N–H and O–H groups in total. The van der Waals surface area contributed by atoms with Gasteiger partial charge in [0.25, 0.3) is 0 Å². The summed E-state index contributed by atoms with van der Waals surface area (Å²) in [5.74, 6) is -0.345. The lowest BCUT2D eigenvalue weighted by Gasteiger charge is -2.34. The average Bonchev–Trinajstić information content (AvgIpc) is 2.81. The third-order valence-electron chi connectivity index (χ3n) is 4.11. The molecule has 1 aliphatic heterocycles. The summed E-state index contributed by atoms with van der Waals surface area (Å²) in [6.07, 6.45) is 9.62. The van der Waals surface area contributed by atoms with Crippen molar-refractivity contribution in [3.63, 3.8) is 0 Å². The van der Waals surface area contributed by atoms with Gasteiger partial charge in [-0.3, -0.25) is 4.79 Å². The Balaban J connectivity index is 2.28. The van der Waals surface area contributed by atoms with Crippen molar-refractivity contribution in [3.8, 4) is 0 Å². The molecular weight excluding hydrogens is 232 g/mol. The molecule has 0 spiro atoms. The summed E-state index contributed by atoms with van der Waals surface area (Å²) >= 11 is 1.65. The van der Waals surface area contributed by atoms with Crippen LogP contribution in [0, 0.1) is 11.3 Å². The Morgan fingerprint density at radius 3 is 2.59 bits per heavy atom. The third-order valence-corrected chi connectivity index (χ3v) is 5.41. The van der Waals surface area contributed by atoms with Crippen molar-refractivity contribution in [1.82, 2.24) is 0 Å². The van der Waals surface area contributed by atoms with E-state index in [1.165, 1.54) is 17.7 Å². The first-order chi connectivity index (χ1) is 8.05. The van der Waals surface area contributed by atoms with Gasteiger partial charge >= 0.3 is 5.97 Å². The highest BCUT2D eigenvalue weighted by atomic mass is 32.2. The quantitative estimate of drug-likeness (QED) is 0.818. The Bertz CT molecular complexity index is 378. The van der Waals surface area contributed by atoms with Crippen LogP contribution in [-0.4, -0.2) is 11.1 Å². The molecule has 3 heteroatoms. The van der Waals surface area contributed by atoms with Crippen LogP contribution in [0.4, 0.5) is 0 Å². The molecule has 0 aromatic rings. The number of carboxylic acids is 1. The number of thioether (sulfide) groups is 1. The molecule has 1 atom stereocenters. The molecule has 1 unspecified atom stereocenters. The predicted octanol–water partition coefficient (Wildman–Crippen LogP) is 4.19. The van der Waals surface area contributed by atoms with E-state index in [-0.39, 0.29) is 0 Å². The molecule has 1 heterocycles. The number of hydrogen-bond donors (Lipinski definition) is 1. The topological polar surface area (TPSA) is 37.3 Å². The fourth-order valence-corrected chi connectivity index (χ4v) is 4.06. The minimum absolute atomic E-state index is 0.310. The lowest BCUT2D eigenvalue weighted by Crippen LogP contribution is -2.36. The van der Waals surface area contributed by atoms with E-state index < -0.39 is 11.4 Å². The van der Waals surface area contributed by atoms with Crippen LogP contribution < -0.4 is 0 Å². The maximum Gasteiger partial charge on any atom is 0.314 e. The Hall–Kier alpha value is -0.700. The Morgan fingerprint density at radius 2 is 2.06 bits per heavy atom. The van der Waals surface area contributed by atoms with Crippen LogP contribution in [0.1, 0.15) is 46.0 Å². The predicted molar refractivity (Wildman–Crippen MR) is 71.7 cm³/mol. The molecule has 0 bridgehead atoms. The van der Waals surface area contributed by atoms with E-state index in [0.29, 0.717) is 5.92 Å². The highest BCUT2D eigenvalue weighted by molar-refractivity contribution is 8.06. The summed E-state index contributed by atoms with van der Waals surface area (Å²) in [5, 5.41) is 9.66. The zero-order valence-electron chi connectivity index (χ0n) is 10.5. The van der Waals surface area contributed by atoms with Gasteiger partial charge in [-0.25, -0.2) is 0 Å². The van der Waals surface area contributed by atoms with Crippen molar-refractivity contribution in [2.24, 2.45) is 11.3 Å². The van der Waals surface area contributed by atoms with Crippen LogP contribution in [-0.2, 0) is 4.79 Å². The molecule has 0 amide bonds. The molecule has 1 saturated carbocycles. The number of hydrogen-bond acceptors (Lipinski definition) is 2. The van der Waals surface area contributed by atoms with Crippen molar-refractivity contribution < 1.29 is 9.90 Å². The minimum Gasteiger partial charge on any atom is -0.481 e. The van der Waals surface area contributed by atoms with Crippen molar-refractivity contribution in [2.75, 3.05) is 0 Å². The minimum atomic E-state index is -0.670. The molecular formula is C14H20O2S. The van der Waals surface area contributed by atoms with E-state index in [1.54, 1.807) is 11.8 Å². The zero-order chi connectivity index (χ0) is 12.5. The summed E-state index contributed by atoms with van der Waals surface area (Å²) in [6.45, 7) is 3.98. The molecule has 2 rings (SSSR count). The first-order valence-electron chi connectivity index (χ1n) is 6.33. The van der Waals surface area contributed by atoms with Crippen molar-refractivity contribution in [2.45, 2.75) is 46.0 Å². The van der Waals surface area contributed by atoms with Crippen LogP contribution in [0.15, 0.2) is 22.0 Å². The second kappa shape index (κ2) is 4.89. The first-order valence-corrected chi connectivity index (χ1v) is 7.15. The SMILES string of the molecule is CC1=CCC=C(C(C)(C(=O)O)C2CCCC2)S1. The second-order valence-electron chi connectivity index (χ2n) is 5.21. The molecule has 0 aromatic carbocycles. The van der Waals surface area contributed by atoms with Gasteiger partial charge in [-0.15, -0.1) is 0 Å². The number of allylic oxidation sites excluding steroid dienone is 3. The summed E-state index contributed by atoms with van der Waals surface area (Å²) in [4.78, 5) is 14.0. The van der Waals surface area contributed by atoms with Gasteiger partial charge in [-0.1, -0.05) is 36.8 Å². The molecule has 1 fully saturated rings. The fraction of sp³-hybridized carbons (Fsp3) is 0.643. The first kappa shape index (κ1) is 12.7. The average molecular weight is 252 g/mol. The molecule has 17 heavy (non-hydrogen) atoms. The maximum absolute atomic E-state index is 11.7. The lowest BCUT2D eigenvalue weighted by atomic mass is 9.75. The Morgan fingerprint density at radius 1 is 1.41 bits per heavy atom. The molecule has 0 saturated heterocycles. The van der Waals surface area contributed by atoms with Gasteiger partial charge in [0, 0.05) is 4.91 Å². The van der Waals surface area contributed by atoms with E-state index in [4.69, 9.17) is 0 Å². The highest BCUT2D eigenvalue weighted by Gasteiger charge is 2.46. The summed E-state index contributed by atoms with van der Waals surface area (Å²) in [5.41, 5.74) is -0.670. The fourth-order valence-electron chi connectivity index (χ4n) is 2.89. The van der Waals surface area contributed by atoms with Crippen LogP contribution in [0.25, 0.3) is 0 Å². The van der Waals surface area contributed by atoms with Gasteiger partial charge < -0.3 is 5.11 Å². The third kappa shape index (κ3) is 2.30. The van der Waals surface area contributed by atoms with E-state index in [1.807, 2.05) is 6.92 Å². The van der Waals surface area contributed by atoms with Crippen LogP contribution in [0.2, 0.25) is 0 Å². The lowest BCUT2D eigenvalue weighted by molar-refractivity contribution is -0.148. The standard InChI is InChI=1S/C14H20O2S/c1-10-6-5-9-12(17-10)14(2,13(15)16)11-7-3-4-8-11/h6,9,11H,3-5,7-8H2,1-2H3,(H,15,16). The smallest absolute Gasteiger partial charge is 0.314 e. The number of carbonyl (C=O) groups is 1. The van der Waals surface area contributed by atoms with Crippen molar-refractivity contribution in [1.29, 1.82) is 0 Å². The molecule has 2 aliphatic rings. The van der Waals surface area contributed by atoms with Crippen LogP contribution in [0.3, 0.4) is 0 Å². The molecule has 1 aliphatic carbocycles. The highest BCUT2D eigenvalue weighted by Crippen LogP contribution is 2.51. The normalized spacial score (nSPS) is 25.1. The number of aliphatic carboxylic acids is 1. The van der Waals surface area contributed by atoms with Gasteiger partial charge in [0.1, 0.15) is 0 Å². The van der Waals surface area contributed by atoms with Crippen LogP contribution >= 0.6 is 11.8 Å². The molecule has 2 nitrogen and oxygen atoms in total. The largest absolute Gasteiger partial charge is 0.481 e. The Labute approximate surface area is 107 Å². The van der Waals surface area contributed by atoms with Crippen molar-refractivity contribution >= 4 is 17.7 Å². The summed E-state index contributed by atoms with van der Waals surface area (Å²) in [6, 6.07) is 0. The Kier molecular flexibility index (Phi) is 3.67. The van der Waals surface area contributed by atoms with E-state index in [9.17, 15) is 9.90 Å². The summed E-state index contributed by atoms with van der Waals surface area (Å²) in [7, 11) is 0. The van der Waals surface area contributed by atoms with E-state index in [0.717, 1.165) is 24.2 Å². The van der Waals surface area contributed by atoms with E-state index >= 15 is 0 Å². The number of rotatable bonds is 3. The zero-order valence-corrected chi connectivity index (χ0v) is 11.3. The molecule has 94 valence electrons. The van der Waals surface area contributed by atoms with Crippen molar-refractivity contribution in [3.05, 3.63) is 22.0 Å². The maximum atomic E-state index is 11.7. The van der Waals surface area contributed by atoms with Gasteiger partial charge in [-0.05, 0) is 43.9 Å². The van der Waals surface area contributed by atoms with Gasteiger partial charge in [0.15, 0.2) is 0 Å². The molecule has 0 aromatic heterocycles.